The third kappa shape index (κ3) is 3.05. The van der Waals surface area contributed by atoms with E-state index in [0.29, 0.717) is 16.6 Å². The van der Waals surface area contributed by atoms with Gasteiger partial charge in [0.25, 0.3) is 0 Å². The fourth-order valence-electron chi connectivity index (χ4n) is 3.50. The molecular formula is C18H14F4N4SSi. The van der Waals surface area contributed by atoms with Crippen molar-refractivity contribution in [1.29, 1.82) is 5.26 Å². The van der Waals surface area contributed by atoms with Crippen LogP contribution in [0.4, 0.5) is 17.6 Å². The summed E-state index contributed by atoms with van der Waals surface area (Å²) < 4.78 is 56.8. The largest absolute Gasteiger partial charge is 0.435 e. The van der Waals surface area contributed by atoms with Crippen LogP contribution in [0.25, 0.3) is 11.1 Å². The fourth-order valence-corrected chi connectivity index (χ4v) is 7.96. The van der Waals surface area contributed by atoms with Gasteiger partial charge < -0.3 is 4.98 Å². The zero-order valence-electron chi connectivity index (χ0n) is 14.6. The molecule has 10 heteroatoms. The van der Waals surface area contributed by atoms with E-state index in [-0.39, 0.29) is 17.7 Å². The van der Waals surface area contributed by atoms with Crippen molar-refractivity contribution in [2.75, 3.05) is 0 Å². The van der Waals surface area contributed by atoms with Crippen LogP contribution in [0, 0.1) is 17.1 Å². The zero-order valence-corrected chi connectivity index (χ0v) is 16.6. The number of aromatic nitrogens is 2. The van der Waals surface area contributed by atoms with Crippen LogP contribution in [-0.2, 0) is 19.3 Å². The van der Waals surface area contributed by atoms with Crippen molar-refractivity contribution in [2.45, 2.75) is 26.2 Å². The molecule has 1 aliphatic rings. The number of halogens is 4. The second-order valence-corrected chi connectivity index (χ2v) is 10.0. The van der Waals surface area contributed by atoms with Crippen molar-refractivity contribution >= 4 is 30.7 Å². The number of hydrogen-bond acceptors (Lipinski definition) is 4. The summed E-state index contributed by atoms with van der Waals surface area (Å²) >= 11 is 1.36. The molecule has 144 valence electrons. The van der Waals surface area contributed by atoms with Crippen molar-refractivity contribution in [3.05, 3.63) is 51.7 Å². The summed E-state index contributed by atoms with van der Waals surface area (Å²) in [5, 5.41) is 14.2. The molecule has 0 aliphatic carbocycles. The topological polar surface area (TPSA) is 53.6 Å². The Hall–Kier alpha value is -2.48. The van der Waals surface area contributed by atoms with Crippen LogP contribution in [0.3, 0.4) is 0 Å². The molecular weight excluding hydrogens is 408 g/mol. The lowest BCUT2D eigenvalue weighted by atomic mass is 10.1. The average molecular weight is 422 g/mol. The highest BCUT2D eigenvalue weighted by atomic mass is 32.1. The van der Waals surface area contributed by atoms with Crippen LogP contribution in [0.2, 0.25) is 0 Å². The third-order valence-electron chi connectivity index (χ3n) is 4.71. The Kier molecular flexibility index (Phi) is 4.61. The number of alkyl halides is 3. The summed E-state index contributed by atoms with van der Waals surface area (Å²) in [5.74, 6) is -0.711. The predicted molar refractivity (Wildman–Crippen MR) is 101 cm³/mol. The lowest BCUT2D eigenvalue weighted by molar-refractivity contribution is -0.141. The van der Waals surface area contributed by atoms with E-state index in [9.17, 15) is 17.6 Å². The maximum atomic E-state index is 14.9. The first-order valence-electron chi connectivity index (χ1n) is 8.53. The lowest BCUT2D eigenvalue weighted by Gasteiger charge is -2.16. The Morgan fingerprint density at radius 2 is 2.14 bits per heavy atom. The summed E-state index contributed by atoms with van der Waals surface area (Å²) in [7, 11) is -2.18. The van der Waals surface area contributed by atoms with Crippen LogP contribution in [0.5, 0.6) is 0 Å². The Morgan fingerprint density at radius 3 is 2.82 bits per heavy atom. The van der Waals surface area contributed by atoms with Gasteiger partial charge in [-0.25, -0.2) is 4.39 Å². The quantitative estimate of drug-likeness (QED) is 0.522. The van der Waals surface area contributed by atoms with Gasteiger partial charge in [0.05, 0.1) is 0 Å². The van der Waals surface area contributed by atoms with Crippen molar-refractivity contribution in [3.8, 4) is 17.2 Å². The molecule has 0 unspecified atom stereocenters. The van der Waals surface area contributed by atoms with E-state index in [0.717, 1.165) is 10.1 Å². The van der Waals surface area contributed by atoms with Gasteiger partial charge in [-0.3, -0.25) is 4.68 Å². The second-order valence-electron chi connectivity index (χ2n) is 6.36. The van der Waals surface area contributed by atoms with Crippen LogP contribution >= 0.6 is 11.3 Å². The second kappa shape index (κ2) is 6.84. The maximum Gasteiger partial charge on any atom is 0.435 e. The first kappa shape index (κ1) is 18.9. The molecule has 3 aromatic rings. The average Bonchev–Trinajstić information content (AvgIpc) is 3.34. The molecule has 4 rings (SSSR count). The van der Waals surface area contributed by atoms with Crippen LogP contribution < -0.4 is 15.4 Å². The number of benzene rings is 1. The molecule has 4 nitrogen and oxygen atoms in total. The molecule has 0 bridgehead atoms. The maximum absolute atomic E-state index is 14.9. The van der Waals surface area contributed by atoms with Gasteiger partial charge >= 0.3 is 6.18 Å². The molecule has 3 heterocycles. The SMILES string of the molecule is CCn1cc(-c2c(F)cccc2[Si@@H]2NCc3sc(C#N)cc32)c(C(F)(F)F)n1. The van der Waals surface area contributed by atoms with E-state index in [2.05, 4.69) is 16.2 Å². The monoisotopic (exact) mass is 422 g/mol. The van der Waals surface area contributed by atoms with E-state index in [1.54, 1.807) is 19.1 Å². The Balaban J connectivity index is 1.92. The van der Waals surface area contributed by atoms with Gasteiger partial charge in [-0.1, -0.05) is 12.1 Å². The van der Waals surface area contributed by atoms with Gasteiger partial charge in [0.15, 0.2) is 14.7 Å². The molecule has 0 amide bonds. The molecule has 1 aromatic carbocycles. The first-order valence-corrected chi connectivity index (χ1v) is 11.1. The van der Waals surface area contributed by atoms with Crippen LogP contribution in [0.1, 0.15) is 22.4 Å². The highest BCUT2D eigenvalue weighted by Gasteiger charge is 2.40. The molecule has 1 aliphatic heterocycles. The Morgan fingerprint density at radius 1 is 1.36 bits per heavy atom. The van der Waals surface area contributed by atoms with Gasteiger partial charge in [0, 0.05) is 35.3 Å². The van der Waals surface area contributed by atoms with Crippen molar-refractivity contribution < 1.29 is 17.6 Å². The number of nitrogens with one attached hydrogen (secondary N) is 1. The molecule has 0 fully saturated rings. The summed E-state index contributed by atoms with van der Waals surface area (Å²) in [6, 6.07) is 8.22. The summed E-state index contributed by atoms with van der Waals surface area (Å²) in [4.78, 5) is 4.89. The molecule has 0 saturated carbocycles. The minimum Gasteiger partial charge on any atom is -0.328 e. The molecule has 1 atom stereocenters. The molecule has 0 saturated heterocycles. The Labute approximate surface area is 163 Å². The lowest BCUT2D eigenvalue weighted by Crippen LogP contribution is -2.49. The standard InChI is InChI=1S/C18H14F4N4SSi/c1-2-26-9-11(17(25-26)18(20,21)22)16-12(19)4-3-5-14(16)28-15-6-10(7-23)27-13(15)8-24-28/h3-6,9,24,28H,2,8H2,1H3/t28-/m0/s1. The highest BCUT2D eigenvalue weighted by Crippen LogP contribution is 2.36. The van der Waals surface area contributed by atoms with Gasteiger partial charge in [-0.2, -0.15) is 23.5 Å². The van der Waals surface area contributed by atoms with Crippen LogP contribution in [-0.4, -0.2) is 18.7 Å². The fraction of sp³-hybridized carbons (Fsp3) is 0.222. The number of rotatable bonds is 3. The third-order valence-corrected chi connectivity index (χ3v) is 8.83. The van der Waals surface area contributed by atoms with Gasteiger partial charge in [-0.05, 0) is 29.4 Å². The number of hydrogen-bond donors (Lipinski definition) is 1. The first-order chi connectivity index (χ1) is 13.3. The number of aryl methyl sites for hydroxylation is 1. The van der Waals surface area contributed by atoms with E-state index in [1.165, 1.54) is 34.3 Å². The van der Waals surface area contributed by atoms with Gasteiger partial charge in [0.2, 0.25) is 0 Å². The predicted octanol–water partition coefficient (Wildman–Crippen LogP) is 2.60. The van der Waals surface area contributed by atoms with E-state index >= 15 is 0 Å². The van der Waals surface area contributed by atoms with E-state index in [4.69, 9.17) is 5.26 Å². The summed E-state index contributed by atoms with van der Waals surface area (Å²) in [6.07, 6.45) is -3.44. The zero-order chi connectivity index (χ0) is 20.1. The molecule has 0 radical (unpaired) electrons. The number of thiophene rings is 1. The Bertz CT molecular complexity index is 1100. The van der Waals surface area contributed by atoms with E-state index in [1.807, 2.05) is 0 Å². The van der Waals surface area contributed by atoms with Gasteiger partial charge in [0.1, 0.15) is 16.8 Å². The summed E-state index contributed by atoms with van der Waals surface area (Å²) in [6.45, 7) is 2.45. The molecule has 1 N–H and O–H groups in total. The van der Waals surface area contributed by atoms with E-state index < -0.39 is 26.6 Å². The molecule has 2 aromatic heterocycles. The minimum absolute atomic E-state index is 0.0590. The molecule has 28 heavy (non-hydrogen) atoms. The number of fused-ring (bicyclic) bond motifs is 1. The van der Waals surface area contributed by atoms with Crippen molar-refractivity contribution in [2.24, 2.45) is 0 Å². The minimum atomic E-state index is -4.69. The summed E-state index contributed by atoms with van der Waals surface area (Å²) in [5.41, 5.74) is -1.40. The number of nitrogens with zero attached hydrogens (tertiary/aromatic N) is 3. The van der Waals surface area contributed by atoms with Crippen molar-refractivity contribution in [3.63, 3.8) is 0 Å². The van der Waals surface area contributed by atoms with Gasteiger partial charge in [-0.15, -0.1) is 11.3 Å². The molecule has 0 spiro atoms. The van der Waals surface area contributed by atoms with Crippen molar-refractivity contribution in [1.82, 2.24) is 14.8 Å². The van der Waals surface area contributed by atoms with Crippen LogP contribution in [0.15, 0.2) is 30.5 Å². The normalized spacial score (nSPS) is 16.2. The smallest absolute Gasteiger partial charge is 0.328 e. The highest BCUT2D eigenvalue weighted by molar-refractivity contribution is 7.15. The number of nitriles is 1.